The normalized spacial score (nSPS) is 48.2. The van der Waals surface area contributed by atoms with Crippen molar-refractivity contribution in [3.8, 4) is 0 Å². The van der Waals surface area contributed by atoms with Gasteiger partial charge in [-0.2, -0.15) is 0 Å². The number of esters is 1. The average Bonchev–Trinajstić information content (AvgIpc) is 3.39. The topological polar surface area (TPSA) is 127 Å². The molecule has 6 aliphatic rings. The number of likely N-dealkylation sites (tertiary alicyclic amines) is 1. The number of hydrogen-bond acceptors (Lipinski definition) is 9. The van der Waals surface area contributed by atoms with Crippen LogP contribution in [0.4, 0.5) is 5.69 Å². The van der Waals surface area contributed by atoms with E-state index in [4.69, 9.17) is 18.9 Å². The van der Waals surface area contributed by atoms with E-state index < -0.39 is 34.3 Å². The van der Waals surface area contributed by atoms with Gasteiger partial charge in [0.15, 0.2) is 0 Å². The second-order valence-electron chi connectivity index (χ2n) is 13.7. The number of nitrogens with zero attached hydrogens (tertiary/aromatic N) is 1. The minimum Gasteiger partial charge on any atom is -0.454 e. The molecule has 10 nitrogen and oxygen atoms in total. The number of piperidine rings is 1. The van der Waals surface area contributed by atoms with E-state index >= 15 is 0 Å². The highest BCUT2D eigenvalue weighted by Crippen LogP contribution is 2.79. The number of carbonyl (C=O) groups is 2. The summed E-state index contributed by atoms with van der Waals surface area (Å²) >= 11 is 0. The van der Waals surface area contributed by atoms with Gasteiger partial charge < -0.3 is 34.5 Å². The quantitative estimate of drug-likeness (QED) is 0.414. The molecule has 1 aliphatic heterocycles. The molecule has 5 aliphatic carbocycles. The van der Waals surface area contributed by atoms with Crippen LogP contribution in [-0.4, -0.2) is 103 Å². The first-order chi connectivity index (χ1) is 20.1. The van der Waals surface area contributed by atoms with Crippen molar-refractivity contribution in [3.05, 3.63) is 29.8 Å². The number of likely N-dealkylation sites (N-methyl/N-ethyl adjacent to an activating group) is 1. The zero-order valence-electron chi connectivity index (χ0n) is 25.2. The summed E-state index contributed by atoms with van der Waals surface area (Å²) in [4.78, 5) is 28.3. The lowest BCUT2D eigenvalue weighted by Crippen LogP contribution is -2.83. The molecule has 0 aromatic heterocycles. The number of benzene rings is 1. The summed E-state index contributed by atoms with van der Waals surface area (Å²) in [6.45, 7) is 4.79. The summed E-state index contributed by atoms with van der Waals surface area (Å²) in [6.07, 6.45) is 1.91. The predicted molar refractivity (Wildman–Crippen MR) is 152 cm³/mol. The Morgan fingerprint density at radius 2 is 1.83 bits per heavy atom. The van der Waals surface area contributed by atoms with Crippen LogP contribution < -0.4 is 5.32 Å². The largest absolute Gasteiger partial charge is 0.454 e. The van der Waals surface area contributed by atoms with Crippen LogP contribution in [0, 0.1) is 29.1 Å². The van der Waals surface area contributed by atoms with Gasteiger partial charge in [-0.1, -0.05) is 19.1 Å². The van der Waals surface area contributed by atoms with Crippen LogP contribution in [0.25, 0.3) is 0 Å². The number of hydrogen-bond donors (Lipinski definition) is 3. The van der Waals surface area contributed by atoms with Gasteiger partial charge in [0.05, 0.1) is 29.6 Å². The number of carbonyl (C=O) groups excluding carboxylic acids is 2. The van der Waals surface area contributed by atoms with E-state index in [0.29, 0.717) is 56.4 Å². The van der Waals surface area contributed by atoms with Gasteiger partial charge in [-0.15, -0.1) is 0 Å². The van der Waals surface area contributed by atoms with Gasteiger partial charge in [0.2, 0.25) is 5.91 Å². The van der Waals surface area contributed by atoms with Crippen molar-refractivity contribution in [2.45, 2.75) is 87.1 Å². The number of ether oxygens (including phenoxy) is 4. The average molecular weight is 585 g/mol. The highest BCUT2D eigenvalue weighted by atomic mass is 16.6. The van der Waals surface area contributed by atoms with E-state index in [1.54, 1.807) is 45.6 Å². The van der Waals surface area contributed by atoms with Crippen molar-refractivity contribution in [2.75, 3.05) is 39.7 Å². The Balaban J connectivity index is 1.38. The fourth-order valence-electron chi connectivity index (χ4n) is 11.6. The van der Waals surface area contributed by atoms with Gasteiger partial charge in [0.25, 0.3) is 0 Å². The highest BCUT2D eigenvalue weighted by molar-refractivity contribution is 6.00. The summed E-state index contributed by atoms with van der Waals surface area (Å²) in [6, 6.07) is 6.89. The Morgan fingerprint density at radius 3 is 2.50 bits per heavy atom. The molecule has 12 atom stereocenters. The Kier molecular flexibility index (Phi) is 6.46. The van der Waals surface area contributed by atoms with Gasteiger partial charge in [-0.3, -0.25) is 9.69 Å². The smallest absolute Gasteiger partial charge is 0.340 e. The molecular weight excluding hydrogens is 540 g/mol. The summed E-state index contributed by atoms with van der Waals surface area (Å²) in [5.74, 6) is -1.54. The number of amides is 1. The van der Waals surface area contributed by atoms with Crippen molar-refractivity contribution in [2.24, 2.45) is 29.1 Å². The van der Waals surface area contributed by atoms with E-state index in [1.165, 1.54) is 6.92 Å². The maximum absolute atomic E-state index is 14.0. The van der Waals surface area contributed by atoms with Gasteiger partial charge in [-0.05, 0) is 44.4 Å². The first-order valence-electron chi connectivity index (χ1n) is 15.4. The van der Waals surface area contributed by atoms with Crippen LogP contribution in [-0.2, 0) is 23.7 Å². The minimum absolute atomic E-state index is 0.0432. The SMILES string of the molecule is CCN1C[C@]2(OC(=O)c3ccccc3NC(C)=O)CC[C@@H](OC)[C@]34C1[C@H](C[C@H]23)[C@@]1(O)C[C@H](OC)[C@H]2C[C@@H]4[C@]1(O)[C@H]2OC. The fraction of sp³-hybridized carbons (Fsp3) is 0.750. The van der Waals surface area contributed by atoms with Gasteiger partial charge >= 0.3 is 5.97 Å². The Labute approximate surface area is 247 Å². The molecule has 5 saturated carbocycles. The monoisotopic (exact) mass is 584 g/mol. The summed E-state index contributed by atoms with van der Waals surface area (Å²) in [7, 11) is 5.05. The molecule has 42 heavy (non-hydrogen) atoms. The molecule has 7 bridgehead atoms. The standard InChI is InChI=1S/C32H44N2O8/c1-6-34-16-29(42-28(36)18-9-7-8-10-21(18)33-17(2)35)12-11-25(40-4)31-23(29)14-20(26(31)34)30(37)15-22(39-3)19-13-24(31)32(30,38)27(19)41-5/h7-10,19-20,22-27,37-38H,6,11-16H2,1-5H3,(H,33,35)/t19-,20+,22+,23-,24+,25-,26?,27+,29-,30+,31+,32+/m1/s1. The highest BCUT2D eigenvalue weighted by Gasteiger charge is 2.89. The lowest BCUT2D eigenvalue weighted by Gasteiger charge is -2.70. The lowest BCUT2D eigenvalue weighted by atomic mass is 9.44. The Morgan fingerprint density at radius 1 is 1.07 bits per heavy atom. The van der Waals surface area contributed by atoms with Crippen molar-refractivity contribution >= 4 is 17.6 Å². The van der Waals surface area contributed by atoms with Crippen LogP contribution in [0.3, 0.4) is 0 Å². The van der Waals surface area contributed by atoms with Gasteiger partial charge in [-0.25, -0.2) is 4.79 Å². The minimum atomic E-state index is -1.48. The Bertz CT molecular complexity index is 1290. The van der Waals surface area contributed by atoms with Crippen molar-refractivity contribution in [1.29, 1.82) is 0 Å². The van der Waals surface area contributed by atoms with Crippen molar-refractivity contribution < 1.29 is 38.7 Å². The maximum Gasteiger partial charge on any atom is 0.340 e. The van der Waals surface area contributed by atoms with E-state index in [9.17, 15) is 19.8 Å². The van der Waals surface area contributed by atoms with E-state index in [0.717, 1.165) is 0 Å². The molecule has 1 amide bonds. The fourth-order valence-corrected chi connectivity index (χ4v) is 11.6. The number of rotatable bonds is 7. The van der Waals surface area contributed by atoms with Crippen LogP contribution >= 0.6 is 0 Å². The third kappa shape index (κ3) is 3.21. The first-order valence-corrected chi connectivity index (χ1v) is 15.4. The Hall–Kier alpha value is -2.08. The molecule has 7 rings (SSSR count). The third-order valence-electron chi connectivity index (χ3n) is 12.6. The summed E-state index contributed by atoms with van der Waals surface area (Å²) in [5.41, 5.74) is -3.57. The zero-order valence-corrected chi connectivity index (χ0v) is 25.2. The molecular formula is C32H44N2O8. The molecule has 1 aromatic carbocycles. The predicted octanol–water partition coefficient (Wildman–Crippen LogP) is 2.22. The molecule has 230 valence electrons. The van der Waals surface area contributed by atoms with E-state index in [2.05, 4.69) is 17.1 Å². The number of aliphatic hydroxyl groups is 2. The summed E-state index contributed by atoms with van der Waals surface area (Å²) < 4.78 is 25.1. The molecule has 1 spiro atoms. The molecule has 3 N–H and O–H groups in total. The lowest BCUT2D eigenvalue weighted by molar-refractivity contribution is -0.337. The van der Waals surface area contributed by atoms with Crippen LogP contribution in [0.1, 0.15) is 56.3 Å². The van der Waals surface area contributed by atoms with Crippen molar-refractivity contribution in [3.63, 3.8) is 0 Å². The molecule has 1 heterocycles. The van der Waals surface area contributed by atoms with Gasteiger partial charge in [0, 0.05) is 76.3 Å². The second-order valence-corrected chi connectivity index (χ2v) is 13.7. The maximum atomic E-state index is 14.0. The zero-order chi connectivity index (χ0) is 29.8. The van der Waals surface area contributed by atoms with Crippen LogP contribution in [0.2, 0.25) is 0 Å². The van der Waals surface area contributed by atoms with Crippen LogP contribution in [0.5, 0.6) is 0 Å². The molecule has 0 radical (unpaired) electrons. The molecule has 1 aromatic rings. The van der Waals surface area contributed by atoms with Gasteiger partial charge in [0.1, 0.15) is 16.8 Å². The number of para-hydroxylation sites is 1. The number of anilines is 1. The second kappa shape index (κ2) is 9.46. The van der Waals surface area contributed by atoms with Crippen molar-refractivity contribution in [1.82, 2.24) is 4.90 Å². The first kappa shape index (κ1) is 28.7. The number of nitrogens with one attached hydrogen (secondary N) is 1. The third-order valence-corrected chi connectivity index (χ3v) is 12.6. The molecule has 10 heteroatoms. The number of fused-ring (bicyclic) bond motifs is 2. The molecule has 1 saturated heterocycles. The summed E-state index contributed by atoms with van der Waals surface area (Å²) in [5, 5.41) is 28.4. The van der Waals surface area contributed by atoms with Crippen LogP contribution in [0.15, 0.2) is 24.3 Å². The molecule has 1 unspecified atom stereocenters. The van der Waals surface area contributed by atoms with E-state index in [-0.39, 0.29) is 47.8 Å². The number of methoxy groups -OCH3 is 3. The van der Waals surface area contributed by atoms with E-state index in [1.807, 2.05) is 0 Å². The molecule has 6 fully saturated rings.